The van der Waals surface area contributed by atoms with Crippen molar-refractivity contribution in [1.82, 2.24) is 14.8 Å². The van der Waals surface area contributed by atoms with Crippen LogP contribution in [0, 0.1) is 0 Å². The van der Waals surface area contributed by atoms with E-state index in [-0.39, 0.29) is 11.7 Å². The number of hydrogen-bond donors (Lipinski definition) is 2. The van der Waals surface area contributed by atoms with Gasteiger partial charge in [0.05, 0.1) is 25.7 Å². The van der Waals surface area contributed by atoms with Crippen molar-refractivity contribution in [1.29, 1.82) is 0 Å². The van der Waals surface area contributed by atoms with Crippen LogP contribution in [-0.4, -0.2) is 51.6 Å². The molecular weight excluding hydrogens is 478 g/mol. The van der Waals surface area contributed by atoms with Gasteiger partial charge in [0.2, 0.25) is 5.91 Å². The number of para-hydroxylation sites is 1. The van der Waals surface area contributed by atoms with Crippen molar-refractivity contribution in [2.45, 2.75) is 12.1 Å². The Balaban J connectivity index is 1.56. The first-order valence-corrected chi connectivity index (χ1v) is 12.0. The number of ether oxygens (including phenoxy) is 2. The van der Waals surface area contributed by atoms with E-state index in [9.17, 15) is 4.79 Å². The number of amides is 1. The van der Waals surface area contributed by atoms with Crippen molar-refractivity contribution >= 4 is 29.1 Å². The number of methoxy groups -OCH3 is 2. The molecule has 0 spiro atoms. The van der Waals surface area contributed by atoms with E-state index in [1.54, 1.807) is 45.4 Å². The molecular formula is C26H25N5O4S. The highest BCUT2D eigenvalue weighted by Crippen LogP contribution is 2.34. The molecule has 0 atom stereocenters. The van der Waals surface area contributed by atoms with Crippen LogP contribution < -0.4 is 14.8 Å². The Morgan fingerprint density at radius 3 is 2.39 bits per heavy atom. The van der Waals surface area contributed by atoms with Gasteiger partial charge in [-0.1, -0.05) is 47.2 Å². The SMILES string of the molecule is COc1ccc(-c2nnc(SCC(=O)Nc3ccc(/C(C)=N/O)cc3)n2-c2ccccc2)cc1OC. The highest BCUT2D eigenvalue weighted by molar-refractivity contribution is 7.99. The first-order chi connectivity index (χ1) is 17.5. The van der Waals surface area contributed by atoms with Gasteiger partial charge in [-0.05, 0) is 55.0 Å². The number of aromatic nitrogens is 3. The number of carbonyl (C=O) groups is 1. The fraction of sp³-hybridized carbons (Fsp3) is 0.154. The minimum absolute atomic E-state index is 0.135. The summed E-state index contributed by atoms with van der Waals surface area (Å²) in [4.78, 5) is 12.7. The Bertz CT molecular complexity index is 1370. The Labute approximate surface area is 212 Å². The van der Waals surface area contributed by atoms with Gasteiger partial charge in [0.15, 0.2) is 22.5 Å². The lowest BCUT2D eigenvalue weighted by atomic mass is 10.1. The van der Waals surface area contributed by atoms with E-state index in [0.717, 1.165) is 16.8 Å². The highest BCUT2D eigenvalue weighted by Gasteiger charge is 2.19. The normalized spacial score (nSPS) is 11.2. The Kier molecular flexibility index (Phi) is 7.86. The van der Waals surface area contributed by atoms with Crippen LogP contribution in [0.15, 0.2) is 83.1 Å². The minimum atomic E-state index is -0.185. The Morgan fingerprint density at radius 1 is 1.00 bits per heavy atom. The largest absolute Gasteiger partial charge is 0.493 e. The molecule has 3 aromatic carbocycles. The van der Waals surface area contributed by atoms with Crippen molar-refractivity contribution in [3.8, 4) is 28.6 Å². The van der Waals surface area contributed by atoms with Gasteiger partial charge in [-0.15, -0.1) is 10.2 Å². The second-order valence-electron chi connectivity index (χ2n) is 7.65. The molecule has 0 aliphatic carbocycles. The summed E-state index contributed by atoms with van der Waals surface area (Å²) in [5, 5.41) is 24.3. The number of nitrogens with one attached hydrogen (secondary N) is 1. The number of hydrogen-bond acceptors (Lipinski definition) is 8. The predicted octanol–water partition coefficient (Wildman–Crippen LogP) is 4.88. The molecule has 0 aliphatic heterocycles. The number of oxime groups is 1. The van der Waals surface area contributed by atoms with E-state index in [1.165, 1.54) is 11.8 Å². The molecule has 4 rings (SSSR count). The second-order valence-corrected chi connectivity index (χ2v) is 8.59. The number of anilines is 1. The van der Waals surface area contributed by atoms with E-state index in [1.807, 2.05) is 53.1 Å². The molecule has 1 heterocycles. The van der Waals surface area contributed by atoms with Crippen LogP contribution in [0.1, 0.15) is 12.5 Å². The summed E-state index contributed by atoms with van der Waals surface area (Å²) in [7, 11) is 3.17. The molecule has 36 heavy (non-hydrogen) atoms. The lowest BCUT2D eigenvalue weighted by molar-refractivity contribution is -0.113. The monoisotopic (exact) mass is 503 g/mol. The summed E-state index contributed by atoms with van der Waals surface area (Å²) in [5.74, 6) is 1.76. The second kappa shape index (κ2) is 11.4. The van der Waals surface area contributed by atoms with Gasteiger partial charge in [0.25, 0.3) is 0 Å². The minimum Gasteiger partial charge on any atom is -0.493 e. The van der Waals surface area contributed by atoms with Crippen LogP contribution in [0.25, 0.3) is 17.1 Å². The van der Waals surface area contributed by atoms with Gasteiger partial charge in [-0.3, -0.25) is 9.36 Å². The van der Waals surface area contributed by atoms with Crippen molar-refractivity contribution in [2.24, 2.45) is 5.16 Å². The molecule has 9 nitrogen and oxygen atoms in total. The van der Waals surface area contributed by atoms with Gasteiger partial charge in [-0.25, -0.2) is 0 Å². The summed E-state index contributed by atoms with van der Waals surface area (Å²) in [6, 6.07) is 22.3. The first-order valence-electron chi connectivity index (χ1n) is 11.0. The van der Waals surface area contributed by atoms with Gasteiger partial charge >= 0.3 is 0 Å². The summed E-state index contributed by atoms with van der Waals surface area (Å²) < 4.78 is 12.7. The van der Waals surface area contributed by atoms with E-state index in [2.05, 4.69) is 20.7 Å². The number of thioether (sulfide) groups is 1. The summed E-state index contributed by atoms with van der Waals surface area (Å²) >= 11 is 1.28. The van der Waals surface area contributed by atoms with E-state index < -0.39 is 0 Å². The maximum absolute atomic E-state index is 12.7. The van der Waals surface area contributed by atoms with Crippen molar-refractivity contribution < 1.29 is 19.5 Å². The predicted molar refractivity (Wildman–Crippen MR) is 140 cm³/mol. The summed E-state index contributed by atoms with van der Waals surface area (Å²) in [5.41, 5.74) is 3.57. The van der Waals surface area contributed by atoms with E-state index >= 15 is 0 Å². The van der Waals surface area contributed by atoms with Crippen LogP contribution in [0.5, 0.6) is 11.5 Å². The first kappa shape index (κ1) is 24.8. The van der Waals surface area contributed by atoms with Gasteiger partial charge < -0.3 is 20.0 Å². The third kappa shape index (κ3) is 5.49. The van der Waals surface area contributed by atoms with Crippen LogP contribution >= 0.6 is 11.8 Å². The fourth-order valence-electron chi connectivity index (χ4n) is 3.52. The Hall–Kier alpha value is -4.31. The molecule has 0 saturated heterocycles. The molecule has 10 heteroatoms. The molecule has 0 unspecified atom stereocenters. The number of nitrogens with zero attached hydrogens (tertiary/aromatic N) is 4. The van der Waals surface area contributed by atoms with Gasteiger partial charge in [-0.2, -0.15) is 0 Å². The molecule has 184 valence electrons. The third-order valence-electron chi connectivity index (χ3n) is 5.36. The van der Waals surface area contributed by atoms with Crippen molar-refractivity contribution in [3.05, 3.63) is 78.4 Å². The molecule has 0 aliphatic rings. The average Bonchev–Trinajstić information content (AvgIpc) is 3.36. The summed E-state index contributed by atoms with van der Waals surface area (Å²) in [6.07, 6.45) is 0. The quantitative estimate of drug-likeness (QED) is 0.145. The lowest BCUT2D eigenvalue weighted by Gasteiger charge is -2.12. The van der Waals surface area contributed by atoms with Crippen molar-refractivity contribution in [3.63, 3.8) is 0 Å². The standard InChI is InChI=1S/C26H25N5O4S/c1-17(30-33)18-9-12-20(13-10-18)27-24(32)16-36-26-29-28-25(31(26)21-7-5-4-6-8-21)19-11-14-22(34-2)23(15-19)35-3/h4-15,33H,16H2,1-3H3,(H,27,32)/b30-17+. The lowest BCUT2D eigenvalue weighted by Crippen LogP contribution is -2.14. The smallest absolute Gasteiger partial charge is 0.234 e. The summed E-state index contributed by atoms with van der Waals surface area (Å²) in [6.45, 7) is 1.70. The molecule has 0 saturated carbocycles. The molecule has 0 bridgehead atoms. The zero-order valence-corrected chi connectivity index (χ0v) is 20.8. The average molecular weight is 504 g/mol. The number of benzene rings is 3. The number of rotatable bonds is 9. The van der Waals surface area contributed by atoms with Crippen LogP contribution in [0.3, 0.4) is 0 Å². The van der Waals surface area contributed by atoms with Crippen LogP contribution in [-0.2, 0) is 4.79 Å². The van der Waals surface area contributed by atoms with Gasteiger partial charge in [0.1, 0.15) is 0 Å². The Morgan fingerprint density at radius 2 is 1.72 bits per heavy atom. The molecule has 4 aromatic rings. The molecule has 2 N–H and O–H groups in total. The van der Waals surface area contributed by atoms with Gasteiger partial charge in [0, 0.05) is 16.9 Å². The maximum atomic E-state index is 12.7. The molecule has 1 aromatic heterocycles. The molecule has 0 radical (unpaired) electrons. The third-order valence-corrected chi connectivity index (χ3v) is 6.29. The van der Waals surface area contributed by atoms with Crippen LogP contribution in [0.2, 0.25) is 0 Å². The van der Waals surface area contributed by atoms with Crippen LogP contribution in [0.4, 0.5) is 5.69 Å². The van der Waals surface area contributed by atoms with E-state index in [0.29, 0.717) is 33.9 Å². The zero-order chi connectivity index (χ0) is 25.5. The maximum Gasteiger partial charge on any atom is 0.234 e. The highest BCUT2D eigenvalue weighted by atomic mass is 32.2. The topological polar surface area (TPSA) is 111 Å². The van der Waals surface area contributed by atoms with E-state index in [4.69, 9.17) is 14.7 Å². The van der Waals surface area contributed by atoms with Crippen molar-refractivity contribution in [2.75, 3.05) is 25.3 Å². The fourth-order valence-corrected chi connectivity index (χ4v) is 4.27. The zero-order valence-electron chi connectivity index (χ0n) is 20.0. The molecule has 0 fully saturated rings. The molecule has 1 amide bonds. The number of carbonyl (C=O) groups excluding carboxylic acids is 1.